The Kier molecular flexibility index (Phi) is 3.94. The number of rotatable bonds is 3. The number of nitrogens with zero attached hydrogens (tertiary/aromatic N) is 3. The summed E-state index contributed by atoms with van der Waals surface area (Å²) in [6, 6.07) is 0. The largest absolute Gasteiger partial charge is 0.462 e. The number of esters is 1. The van der Waals surface area contributed by atoms with Crippen molar-refractivity contribution in [2.24, 2.45) is 0 Å². The zero-order valence-corrected chi connectivity index (χ0v) is 12.3. The lowest BCUT2D eigenvalue weighted by Gasteiger charge is -2.03. The van der Waals surface area contributed by atoms with Crippen LogP contribution in [0.2, 0.25) is 0 Å². The number of ether oxygens (including phenoxy) is 1. The third-order valence-corrected chi connectivity index (χ3v) is 3.24. The second-order valence-corrected chi connectivity index (χ2v) is 4.67. The van der Waals surface area contributed by atoms with Crippen LogP contribution in [-0.2, 0) is 4.74 Å². The standard InChI is InChI=1S/C12H12BrN3O3/c1-4-18-12(17)9-7(3)16-19-10(9)11-14-5-8(13)6(2)15-11/h5H,4H2,1-3H3. The minimum Gasteiger partial charge on any atom is -0.462 e. The number of hydrogen-bond acceptors (Lipinski definition) is 6. The summed E-state index contributed by atoms with van der Waals surface area (Å²) in [7, 11) is 0. The molecule has 0 saturated heterocycles. The molecular formula is C12H12BrN3O3. The summed E-state index contributed by atoms with van der Waals surface area (Å²) in [6.07, 6.45) is 1.60. The highest BCUT2D eigenvalue weighted by Gasteiger charge is 2.24. The van der Waals surface area contributed by atoms with Gasteiger partial charge >= 0.3 is 5.97 Å². The summed E-state index contributed by atoms with van der Waals surface area (Å²) in [5.74, 6) is 0.0522. The van der Waals surface area contributed by atoms with Crippen molar-refractivity contribution in [3.05, 3.63) is 27.6 Å². The molecule has 0 saturated carbocycles. The highest BCUT2D eigenvalue weighted by Crippen LogP contribution is 2.25. The van der Waals surface area contributed by atoms with E-state index in [4.69, 9.17) is 9.26 Å². The predicted octanol–water partition coefficient (Wildman–Crippen LogP) is 2.69. The van der Waals surface area contributed by atoms with Crippen LogP contribution < -0.4 is 0 Å². The summed E-state index contributed by atoms with van der Waals surface area (Å²) in [5, 5.41) is 3.78. The molecule has 2 aromatic heterocycles. The Morgan fingerprint density at radius 2 is 2.16 bits per heavy atom. The Labute approximate surface area is 118 Å². The van der Waals surface area contributed by atoms with Gasteiger partial charge in [-0.25, -0.2) is 14.8 Å². The van der Waals surface area contributed by atoms with Gasteiger partial charge in [0, 0.05) is 6.20 Å². The fourth-order valence-corrected chi connectivity index (χ4v) is 1.72. The maximum absolute atomic E-state index is 11.9. The van der Waals surface area contributed by atoms with E-state index in [1.54, 1.807) is 20.0 Å². The second-order valence-electron chi connectivity index (χ2n) is 3.82. The lowest BCUT2D eigenvalue weighted by atomic mass is 10.2. The molecule has 0 atom stereocenters. The van der Waals surface area contributed by atoms with Crippen LogP contribution in [0.15, 0.2) is 15.2 Å². The van der Waals surface area contributed by atoms with Gasteiger partial charge in [0.15, 0.2) is 5.82 Å². The fraction of sp³-hybridized carbons (Fsp3) is 0.333. The van der Waals surface area contributed by atoms with Gasteiger partial charge in [0.05, 0.1) is 22.5 Å². The van der Waals surface area contributed by atoms with Gasteiger partial charge in [-0.05, 0) is 36.7 Å². The smallest absolute Gasteiger partial charge is 0.344 e. The number of aromatic nitrogens is 3. The summed E-state index contributed by atoms with van der Waals surface area (Å²) in [6.45, 7) is 5.51. The molecule has 0 N–H and O–H groups in total. The van der Waals surface area contributed by atoms with Crippen LogP contribution in [0.5, 0.6) is 0 Å². The van der Waals surface area contributed by atoms with Crippen LogP contribution in [0.25, 0.3) is 11.6 Å². The molecule has 2 heterocycles. The number of carbonyl (C=O) groups is 1. The number of aryl methyl sites for hydroxylation is 2. The SMILES string of the molecule is CCOC(=O)c1c(C)noc1-c1ncc(Br)c(C)n1. The van der Waals surface area contributed by atoms with E-state index in [2.05, 4.69) is 31.1 Å². The van der Waals surface area contributed by atoms with E-state index in [-0.39, 0.29) is 17.9 Å². The number of hydrogen-bond donors (Lipinski definition) is 0. The van der Waals surface area contributed by atoms with Gasteiger partial charge in [-0.15, -0.1) is 0 Å². The van der Waals surface area contributed by atoms with Crippen LogP contribution in [0, 0.1) is 13.8 Å². The third kappa shape index (κ3) is 2.65. The van der Waals surface area contributed by atoms with Gasteiger partial charge in [0.25, 0.3) is 0 Å². The molecule has 0 aliphatic heterocycles. The first-order valence-electron chi connectivity index (χ1n) is 5.67. The highest BCUT2D eigenvalue weighted by atomic mass is 79.9. The zero-order chi connectivity index (χ0) is 14.0. The Balaban J connectivity index is 2.50. The van der Waals surface area contributed by atoms with E-state index in [1.165, 1.54) is 0 Å². The van der Waals surface area contributed by atoms with E-state index in [0.29, 0.717) is 11.5 Å². The van der Waals surface area contributed by atoms with Crippen molar-refractivity contribution in [1.29, 1.82) is 0 Å². The van der Waals surface area contributed by atoms with Crippen molar-refractivity contribution in [2.75, 3.05) is 6.61 Å². The molecule has 0 bridgehead atoms. The van der Waals surface area contributed by atoms with Gasteiger partial charge in [-0.1, -0.05) is 5.16 Å². The molecule has 0 aliphatic rings. The molecule has 19 heavy (non-hydrogen) atoms. The quantitative estimate of drug-likeness (QED) is 0.807. The number of carbonyl (C=O) groups excluding carboxylic acids is 1. The van der Waals surface area contributed by atoms with Gasteiger partial charge in [0.1, 0.15) is 5.56 Å². The average Bonchev–Trinajstić information content (AvgIpc) is 2.75. The van der Waals surface area contributed by atoms with Crippen molar-refractivity contribution in [2.45, 2.75) is 20.8 Å². The maximum Gasteiger partial charge on any atom is 0.344 e. The molecule has 0 fully saturated rings. The second kappa shape index (κ2) is 5.48. The van der Waals surface area contributed by atoms with E-state index in [1.807, 2.05) is 6.92 Å². The minimum absolute atomic E-state index is 0.228. The molecule has 0 aromatic carbocycles. The van der Waals surface area contributed by atoms with Crippen molar-refractivity contribution in [1.82, 2.24) is 15.1 Å². The molecule has 2 rings (SSSR count). The van der Waals surface area contributed by atoms with E-state index in [9.17, 15) is 4.79 Å². The Morgan fingerprint density at radius 1 is 1.42 bits per heavy atom. The molecule has 0 spiro atoms. The Hall–Kier alpha value is -1.76. The molecular weight excluding hydrogens is 314 g/mol. The van der Waals surface area contributed by atoms with Crippen molar-refractivity contribution < 1.29 is 14.1 Å². The van der Waals surface area contributed by atoms with Gasteiger partial charge in [0.2, 0.25) is 5.76 Å². The summed E-state index contributed by atoms with van der Waals surface area (Å²) >= 11 is 3.32. The van der Waals surface area contributed by atoms with Crippen LogP contribution in [0.3, 0.4) is 0 Å². The van der Waals surface area contributed by atoms with Crippen LogP contribution in [0.1, 0.15) is 28.7 Å². The van der Waals surface area contributed by atoms with Crippen molar-refractivity contribution in [3.63, 3.8) is 0 Å². The first-order chi connectivity index (χ1) is 9.04. The average molecular weight is 326 g/mol. The van der Waals surface area contributed by atoms with Gasteiger partial charge < -0.3 is 9.26 Å². The van der Waals surface area contributed by atoms with Crippen LogP contribution >= 0.6 is 15.9 Å². The molecule has 6 nitrogen and oxygen atoms in total. The molecule has 2 aromatic rings. The fourth-order valence-electron chi connectivity index (χ4n) is 1.53. The van der Waals surface area contributed by atoms with Crippen molar-refractivity contribution >= 4 is 21.9 Å². The molecule has 0 amide bonds. The Bertz CT molecular complexity index is 625. The van der Waals surface area contributed by atoms with Crippen LogP contribution in [0.4, 0.5) is 0 Å². The first-order valence-corrected chi connectivity index (χ1v) is 6.46. The van der Waals surface area contributed by atoms with Crippen LogP contribution in [-0.4, -0.2) is 27.7 Å². The third-order valence-electron chi connectivity index (χ3n) is 2.46. The monoisotopic (exact) mass is 325 g/mol. The molecule has 0 radical (unpaired) electrons. The topological polar surface area (TPSA) is 78.1 Å². The Morgan fingerprint density at radius 3 is 2.79 bits per heavy atom. The zero-order valence-electron chi connectivity index (χ0n) is 10.7. The molecule has 0 aliphatic carbocycles. The molecule has 7 heteroatoms. The lowest BCUT2D eigenvalue weighted by molar-refractivity contribution is 0.0526. The van der Waals surface area contributed by atoms with Gasteiger partial charge in [-0.2, -0.15) is 0 Å². The van der Waals surface area contributed by atoms with E-state index in [0.717, 1.165) is 10.2 Å². The minimum atomic E-state index is -0.486. The van der Waals surface area contributed by atoms with E-state index < -0.39 is 5.97 Å². The first kappa shape index (κ1) is 13.7. The summed E-state index contributed by atoms with van der Waals surface area (Å²) < 4.78 is 10.9. The predicted molar refractivity (Wildman–Crippen MR) is 70.7 cm³/mol. The normalized spacial score (nSPS) is 10.5. The van der Waals surface area contributed by atoms with E-state index >= 15 is 0 Å². The van der Waals surface area contributed by atoms with Crippen molar-refractivity contribution in [3.8, 4) is 11.6 Å². The molecule has 100 valence electrons. The highest BCUT2D eigenvalue weighted by molar-refractivity contribution is 9.10. The number of halogens is 1. The summed E-state index contributed by atoms with van der Waals surface area (Å²) in [4.78, 5) is 20.3. The van der Waals surface area contributed by atoms with Gasteiger partial charge in [-0.3, -0.25) is 0 Å². The molecule has 0 unspecified atom stereocenters. The lowest BCUT2D eigenvalue weighted by Crippen LogP contribution is -2.07. The summed E-state index contributed by atoms with van der Waals surface area (Å²) in [5.41, 5.74) is 1.47. The maximum atomic E-state index is 11.9.